The molecule has 0 spiro atoms. The first-order valence-corrected chi connectivity index (χ1v) is 9.46. The number of nitrogens with zero attached hydrogens (tertiary/aromatic N) is 5. The highest BCUT2D eigenvalue weighted by Crippen LogP contribution is 2.27. The fourth-order valence-electron chi connectivity index (χ4n) is 2.78. The van der Waals surface area contributed by atoms with Gasteiger partial charge in [-0.15, -0.1) is 11.3 Å². The van der Waals surface area contributed by atoms with Crippen LogP contribution in [0.3, 0.4) is 0 Å². The van der Waals surface area contributed by atoms with Crippen molar-refractivity contribution in [1.29, 1.82) is 0 Å². The van der Waals surface area contributed by atoms with Gasteiger partial charge in [0.1, 0.15) is 16.1 Å². The van der Waals surface area contributed by atoms with Crippen LogP contribution in [0.5, 0.6) is 11.8 Å². The van der Waals surface area contributed by atoms with E-state index in [0.717, 1.165) is 16.3 Å². The second-order valence-electron chi connectivity index (χ2n) is 6.60. The zero-order valence-corrected chi connectivity index (χ0v) is 16.3. The number of hydrogen-bond acceptors (Lipinski definition) is 6. The molecule has 0 N–H and O–H groups in total. The number of thiazole rings is 1. The van der Waals surface area contributed by atoms with E-state index in [1.807, 2.05) is 50.4 Å². The van der Waals surface area contributed by atoms with Crippen LogP contribution >= 0.6 is 11.3 Å². The molecule has 0 unspecified atom stereocenters. The van der Waals surface area contributed by atoms with E-state index in [2.05, 4.69) is 15.1 Å². The van der Waals surface area contributed by atoms with Gasteiger partial charge in [0.2, 0.25) is 0 Å². The maximum Gasteiger partial charge on any atom is 0.306 e. The average molecular weight is 381 g/mol. The minimum Gasteiger partial charge on any atom is -0.425 e. The number of ether oxygens (including phenoxy) is 1. The molecular formula is C19H19N5O2S. The van der Waals surface area contributed by atoms with Crippen molar-refractivity contribution in [1.82, 2.24) is 24.3 Å². The quantitative estimate of drug-likeness (QED) is 0.535. The largest absolute Gasteiger partial charge is 0.425 e. The van der Waals surface area contributed by atoms with Crippen LogP contribution in [0.1, 0.15) is 25.6 Å². The Kier molecular flexibility index (Phi) is 4.27. The molecule has 0 amide bonds. The Morgan fingerprint density at radius 3 is 2.52 bits per heavy atom. The highest BCUT2D eigenvalue weighted by molar-refractivity contribution is 7.13. The first kappa shape index (κ1) is 17.4. The Bertz CT molecular complexity index is 1170. The van der Waals surface area contributed by atoms with Gasteiger partial charge >= 0.3 is 6.01 Å². The van der Waals surface area contributed by atoms with Crippen LogP contribution in [-0.4, -0.2) is 24.3 Å². The number of fused-ring (bicyclic) bond motifs is 1. The van der Waals surface area contributed by atoms with Crippen LogP contribution in [0.25, 0.3) is 21.6 Å². The van der Waals surface area contributed by atoms with E-state index in [9.17, 15) is 4.79 Å². The van der Waals surface area contributed by atoms with Gasteiger partial charge in [-0.05, 0) is 45.0 Å². The van der Waals surface area contributed by atoms with Crippen molar-refractivity contribution >= 4 is 22.4 Å². The van der Waals surface area contributed by atoms with Gasteiger partial charge in [0.25, 0.3) is 5.56 Å². The Morgan fingerprint density at radius 1 is 1.15 bits per heavy atom. The highest BCUT2D eigenvalue weighted by Gasteiger charge is 2.16. The van der Waals surface area contributed by atoms with E-state index < -0.39 is 0 Å². The number of hydrogen-bond donors (Lipinski definition) is 0. The number of aryl methyl sites for hydroxylation is 1. The maximum atomic E-state index is 12.6. The van der Waals surface area contributed by atoms with E-state index >= 15 is 0 Å². The number of rotatable bonds is 4. The summed E-state index contributed by atoms with van der Waals surface area (Å²) < 4.78 is 9.01. The third-order valence-corrected chi connectivity index (χ3v) is 5.22. The lowest BCUT2D eigenvalue weighted by Gasteiger charge is -2.11. The predicted molar refractivity (Wildman–Crippen MR) is 106 cm³/mol. The minimum atomic E-state index is -0.184. The molecule has 27 heavy (non-hydrogen) atoms. The van der Waals surface area contributed by atoms with Gasteiger partial charge in [-0.3, -0.25) is 9.36 Å². The van der Waals surface area contributed by atoms with Crippen LogP contribution in [0, 0.1) is 6.92 Å². The highest BCUT2D eigenvalue weighted by atomic mass is 32.1. The summed E-state index contributed by atoms with van der Waals surface area (Å²) in [5.41, 5.74) is 2.37. The molecule has 4 aromatic rings. The van der Waals surface area contributed by atoms with Crippen molar-refractivity contribution in [3.63, 3.8) is 0 Å². The van der Waals surface area contributed by atoms with Crippen molar-refractivity contribution in [3.05, 3.63) is 51.9 Å². The molecule has 0 aliphatic carbocycles. The average Bonchev–Trinajstić information content (AvgIpc) is 3.26. The Balaban J connectivity index is 1.69. The summed E-state index contributed by atoms with van der Waals surface area (Å²) in [5, 5.41) is 7.74. The van der Waals surface area contributed by atoms with E-state index in [-0.39, 0.29) is 17.6 Å². The third-order valence-electron chi connectivity index (χ3n) is 4.21. The van der Waals surface area contributed by atoms with Gasteiger partial charge in [-0.2, -0.15) is 10.1 Å². The van der Waals surface area contributed by atoms with E-state index in [4.69, 9.17) is 4.74 Å². The molecule has 8 heteroatoms. The van der Waals surface area contributed by atoms with Gasteiger partial charge in [0, 0.05) is 29.7 Å². The van der Waals surface area contributed by atoms with Gasteiger partial charge in [0.05, 0.1) is 6.20 Å². The lowest BCUT2D eigenvalue weighted by Crippen LogP contribution is -2.20. The molecule has 0 aliphatic rings. The second-order valence-corrected chi connectivity index (χ2v) is 7.46. The van der Waals surface area contributed by atoms with Crippen LogP contribution in [0.15, 0.2) is 40.6 Å². The monoisotopic (exact) mass is 381 g/mol. The Hall–Kier alpha value is -3.00. The summed E-state index contributed by atoms with van der Waals surface area (Å²) in [6, 6.07) is 7.92. The van der Waals surface area contributed by atoms with Crippen molar-refractivity contribution in [2.24, 2.45) is 7.05 Å². The Labute approximate surface area is 159 Å². The number of benzene rings is 1. The maximum absolute atomic E-state index is 12.6. The zero-order chi connectivity index (χ0) is 19.1. The van der Waals surface area contributed by atoms with Crippen LogP contribution < -0.4 is 10.3 Å². The van der Waals surface area contributed by atoms with E-state index in [1.165, 1.54) is 4.57 Å². The molecular weight excluding hydrogens is 362 g/mol. The molecule has 3 aromatic heterocycles. The van der Waals surface area contributed by atoms with Gasteiger partial charge in [-0.1, -0.05) is 0 Å². The Morgan fingerprint density at radius 2 is 1.89 bits per heavy atom. The smallest absolute Gasteiger partial charge is 0.306 e. The molecule has 0 saturated carbocycles. The SMILES string of the molecule is Cc1csc(-c2ccc(Oc3nc4c(cnn4C(C)C)c(=O)n3C)cc2)n1. The molecule has 0 atom stereocenters. The van der Waals surface area contributed by atoms with Gasteiger partial charge < -0.3 is 4.74 Å². The van der Waals surface area contributed by atoms with Gasteiger partial charge in [0.15, 0.2) is 5.65 Å². The first-order valence-electron chi connectivity index (χ1n) is 8.58. The second kappa shape index (κ2) is 6.62. The molecule has 0 aliphatic heterocycles. The summed E-state index contributed by atoms with van der Waals surface area (Å²) in [5.74, 6) is 0.601. The normalized spacial score (nSPS) is 11.4. The predicted octanol–water partition coefficient (Wildman–Crippen LogP) is 3.94. The fourth-order valence-corrected chi connectivity index (χ4v) is 3.58. The van der Waals surface area contributed by atoms with Crippen molar-refractivity contribution in [2.45, 2.75) is 26.8 Å². The third kappa shape index (κ3) is 3.12. The van der Waals surface area contributed by atoms with Crippen molar-refractivity contribution < 1.29 is 4.74 Å². The zero-order valence-electron chi connectivity index (χ0n) is 15.5. The minimum absolute atomic E-state index is 0.0935. The van der Waals surface area contributed by atoms with Gasteiger partial charge in [-0.25, -0.2) is 9.67 Å². The molecule has 3 heterocycles. The molecule has 4 rings (SSSR count). The van der Waals surface area contributed by atoms with E-state index in [0.29, 0.717) is 16.8 Å². The molecule has 138 valence electrons. The molecule has 0 bridgehead atoms. The molecule has 0 saturated heterocycles. The summed E-state index contributed by atoms with van der Waals surface area (Å²) in [4.78, 5) is 21.6. The summed E-state index contributed by atoms with van der Waals surface area (Å²) in [7, 11) is 1.64. The summed E-state index contributed by atoms with van der Waals surface area (Å²) >= 11 is 1.60. The standard InChI is InChI=1S/C19H19N5O2S/c1-11(2)24-16-15(9-20-24)18(25)23(4)19(22-16)26-14-7-5-13(6-8-14)17-21-12(3)10-27-17/h5-11H,1-4H3. The van der Waals surface area contributed by atoms with Crippen LogP contribution in [0.4, 0.5) is 0 Å². The lowest BCUT2D eigenvalue weighted by atomic mass is 10.2. The van der Waals surface area contributed by atoms with Crippen LogP contribution in [0.2, 0.25) is 0 Å². The number of aromatic nitrogens is 5. The van der Waals surface area contributed by atoms with Crippen LogP contribution in [-0.2, 0) is 7.05 Å². The molecule has 0 radical (unpaired) electrons. The van der Waals surface area contributed by atoms with E-state index in [1.54, 1.807) is 29.3 Å². The first-order chi connectivity index (χ1) is 12.9. The fraction of sp³-hybridized carbons (Fsp3) is 0.263. The lowest BCUT2D eigenvalue weighted by molar-refractivity contribution is 0.413. The van der Waals surface area contributed by atoms with Crippen molar-refractivity contribution in [3.8, 4) is 22.3 Å². The van der Waals surface area contributed by atoms with Crippen molar-refractivity contribution in [2.75, 3.05) is 0 Å². The molecule has 1 aromatic carbocycles. The summed E-state index contributed by atoms with van der Waals surface area (Å²) in [6.07, 6.45) is 1.55. The summed E-state index contributed by atoms with van der Waals surface area (Å²) in [6.45, 7) is 5.96. The molecule has 0 fully saturated rings. The topological polar surface area (TPSA) is 74.8 Å². The molecule has 7 nitrogen and oxygen atoms in total.